The molecule has 26 heavy (non-hydrogen) atoms. The summed E-state index contributed by atoms with van der Waals surface area (Å²) in [6.45, 7) is 1.44. The summed E-state index contributed by atoms with van der Waals surface area (Å²) in [5.74, 6) is 0.565. The van der Waals surface area contributed by atoms with Crippen molar-refractivity contribution in [2.24, 2.45) is 5.73 Å². The first-order valence-electron chi connectivity index (χ1n) is 8.82. The third-order valence-corrected chi connectivity index (χ3v) is 4.76. The van der Waals surface area contributed by atoms with Crippen LogP contribution in [0.5, 0.6) is 0 Å². The van der Waals surface area contributed by atoms with Gasteiger partial charge in [0.1, 0.15) is 12.4 Å². The van der Waals surface area contributed by atoms with Crippen LogP contribution in [0.15, 0.2) is 36.7 Å². The molecule has 0 unspecified atom stereocenters. The molecule has 1 saturated heterocycles. The number of para-hydroxylation sites is 1. The maximum absolute atomic E-state index is 13.1. The highest BCUT2D eigenvalue weighted by molar-refractivity contribution is 5.99. The van der Waals surface area contributed by atoms with E-state index in [1.54, 1.807) is 17.0 Å². The Morgan fingerprint density at radius 2 is 2.08 bits per heavy atom. The number of imidazole rings is 1. The molecular formula is C19H25N5O2. The van der Waals surface area contributed by atoms with Crippen LogP contribution in [0.25, 0.3) is 0 Å². The Hall–Kier alpha value is -2.83. The van der Waals surface area contributed by atoms with Gasteiger partial charge in [-0.15, -0.1) is 0 Å². The molecule has 2 aromatic rings. The molecule has 1 aliphatic rings. The van der Waals surface area contributed by atoms with Crippen LogP contribution in [0.1, 0.15) is 34.9 Å². The fourth-order valence-corrected chi connectivity index (χ4v) is 3.57. The molecule has 0 bridgehead atoms. The van der Waals surface area contributed by atoms with Gasteiger partial charge in [-0.2, -0.15) is 0 Å². The Kier molecular flexibility index (Phi) is 5.25. The quantitative estimate of drug-likeness (QED) is 0.880. The third kappa shape index (κ3) is 3.71. The molecule has 1 fully saturated rings. The van der Waals surface area contributed by atoms with Gasteiger partial charge < -0.3 is 20.1 Å². The molecule has 0 saturated carbocycles. The van der Waals surface area contributed by atoms with Gasteiger partial charge in [0, 0.05) is 51.2 Å². The molecule has 2 N–H and O–H groups in total. The monoisotopic (exact) mass is 355 g/mol. The van der Waals surface area contributed by atoms with Crippen molar-refractivity contribution in [3.8, 4) is 0 Å². The number of piperidine rings is 1. The van der Waals surface area contributed by atoms with E-state index in [2.05, 4.69) is 4.98 Å². The summed E-state index contributed by atoms with van der Waals surface area (Å²) in [4.78, 5) is 32.6. The number of benzene rings is 1. The van der Waals surface area contributed by atoms with Crippen LogP contribution >= 0.6 is 0 Å². The van der Waals surface area contributed by atoms with Gasteiger partial charge in [0.05, 0.1) is 5.56 Å². The number of aromatic nitrogens is 2. The summed E-state index contributed by atoms with van der Waals surface area (Å²) >= 11 is 0. The van der Waals surface area contributed by atoms with Crippen molar-refractivity contribution in [3.63, 3.8) is 0 Å². The molecule has 7 nitrogen and oxygen atoms in total. The highest BCUT2D eigenvalue weighted by Gasteiger charge is 2.29. The average Bonchev–Trinajstić information content (AvgIpc) is 3.08. The van der Waals surface area contributed by atoms with Crippen LogP contribution in [0.4, 0.5) is 5.69 Å². The first-order chi connectivity index (χ1) is 12.5. The predicted octanol–water partition coefficient (Wildman–Crippen LogP) is 1.45. The Labute approximate surface area is 153 Å². The molecule has 0 radical (unpaired) electrons. The molecule has 2 amide bonds. The van der Waals surface area contributed by atoms with E-state index in [9.17, 15) is 9.59 Å². The topological polar surface area (TPSA) is 84.5 Å². The van der Waals surface area contributed by atoms with Gasteiger partial charge in [0.25, 0.3) is 5.91 Å². The number of likely N-dealkylation sites (tertiary alicyclic amines) is 1. The van der Waals surface area contributed by atoms with E-state index in [-0.39, 0.29) is 18.4 Å². The second kappa shape index (κ2) is 7.59. The minimum absolute atomic E-state index is 0.0343. The molecule has 7 heteroatoms. The SMILES string of the molecule is CN(C)c1ccccc1C(=O)N1CCC[C@@H](c2nccn2CC(N)=O)C1. The van der Waals surface area contributed by atoms with Crippen LogP contribution in [0.2, 0.25) is 0 Å². The van der Waals surface area contributed by atoms with Crippen molar-refractivity contribution in [2.75, 3.05) is 32.1 Å². The normalized spacial score (nSPS) is 17.2. The van der Waals surface area contributed by atoms with E-state index in [0.717, 1.165) is 30.9 Å². The lowest BCUT2D eigenvalue weighted by Crippen LogP contribution is -2.40. The van der Waals surface area contributed by atoms with Crippen LogP contribution in [-0.4, -0.2) is 53.5 Å². The zero-order chi connectivity index (χ0) is 18.7. The van der Waals surface area contributed by atoms with Gasteiger partial charge in [-0.05, 0) is 25.0 Å². The average molecular weight is 355 g/mol. The maximum atomic E-state index is 13.1. The lowest BCUT2D eigenvalue weighted by molar-refractivity contribution is -0.118. The van der Waals surface area contributed by atoms with E-state index in [0.29, 0.717) is 12.1 Å². The number of nitrogens with zero attached hydrogens (tertiary/aromatic N) is 4. The van der Waals surface area contributed by atoms with E-state index < -0.39 is 5.91 Å². The second-order valence-electron chi connectivity index (χ2n) is 6.88. The van der Waals surface area contributed by atoms with Gasteiger partial charge in [0.2, 0.25) is 5.91 Å². The molecule has 2 heterocycles. The van der Waals surface area contributed by atoms with E-state index >= 15 is 0 Å². The summed E-state index contributed by atoms with van der Waals surface area (Å²) in [5, 5.41) is 0. The minimum atomic E-state index is -0.395. The zero-order valence-corrected chi connectivity index (χ0v) is 15.3. The number of primary amides is 1. The number of amides is 2. The van der Waals surface area contributed by atoms with E-state index in [1.807, 2.05) is 48.2 Å². The van der Waals surface area contributed by atoms with Crippen molar-refractivity contribution >= 4 is 17.5 Å². The molecule has 1 aliphatic heterocycles. The van der Waals surface area contributed by atoms with Gasteiger partial charge in [0.15, 0.2) is 0 Å². The minimum Gasteiger partial charge on any atom is -0.377 e. The molecule has 0 aliphatic carbocycles. The summed E-state index contributed by atoms with van der Waals surface area (Å²) in [7, 11) is 3.87. The maximum Gasteiger partial charge on any atom is 0.255 e. The Bertz CT molecular complexity index is 799. The van der Waals surface area contributed by atoms with Gasteiger partial charge in [-0.3, -0.25) is 9.59 Å². The van der Waals surface area contributed by atoms with E-state index in [1.165, 1.54) is 0 Å². The zero-order valence-electron chi connectivity index (χ0n) is 15.3. The Morgan fingerprint density at radius 3 is 2.81 bits per heavy atom. The number of carbonyl (C=O) groups is 2. The van der Waals surface area contributed by atoms with Gasteiger partial charge in [-0.1, -0.05) is 12.1 Å². The molecular weight excluding hydrogens is 330 g/mol. The molecule has 1 atom stereocenters. The fourth-order valence-electron chi connectivity index (χ4n) is 3.57. The van der Waals surface area contributed by atoms with Crippen LogP contribution in [-0.2, 0) is 11.3 Å². The van der Waals surface area contributed by atoms with Crippen LogP contribution in [0, 0.1) is 0 Å². The number of hydrogen-bond acceptors (Lipinski definition) is 4. The molecule has 1 aromatic heterocycles. The number of anilines is 1. The summed E-state index contributed by atoms with van der Waals surface area (Å²) in [6.07, 6.45) is 5.29. The van der Waals surface area contributed by atoms with Crippen molar-refractivity contribution in [1.82, 2.24) is 14.5 Å². The first kappa shape index (κ1) is 18.0. The largest absolute Gasteiger partial charge is 0.377 e. The van der Waals surface area contributed by atoms with Crippen molar-refractivity contribution in [2.45, 2.75) is 25.3 Å². The first-order valence-corrected chi connectivity index (χ1v) is 8.82. The standard InChI is InChI=1S/C19H25N5O2/c1-22(2)16-8-4-3-7-15(16)19(26)24-10-5-6-14(12-24)18-21-9-11-23(18)13-17(20)25/h3-4,7-9,11,14H,5-6,10,12-13H2,1-2H3,(H2,20,25)/t14-/m1/s1. The second-order valence-corrected chi connectivity index (χ2v) is 6.88. The lowest BCUT2D eigenvalue weighted by atomic mass is 9.96. The van der Waals surface area contributed by atoms with Crippen LogP contribution in [0.3, 0.4) is 0 Å². The lowest BCUT2D eigenvalue weighted by Gasteiger charge is -2.33. The third-order valence-electron chi connectivity index (χ3n) is 4.76. The van der Waals surface area contributed by atoms with Gasteiger partial charge in [-0.25, -0.2) is 4.98 Å². The molecule has 1 aromatic carbocycles. The molecule has 0 spiro atoms. The summed E-state index contributed by atoms with van der Waals surface area (Å²) in [6, 6.07) is 7.65. The highest BCUT2D eigenvalue weighted by atomic mass is 16.2. The van der Waals surface area contributed by atoms with E-state index in [4.69, 9.17) is 5.73 Å². The van der Waals surface area contributed by atoms with Crippen molar-refractivity contribution in [3.05, 3.63) is 48.0 Å². The molecule has 3 rings (SSSR count). The van der Waals surface area contributed by atoms with Crippen LogP contribution < -0.4 is 10.6 Å². The highest BCUT2D eigenvalue weighted by Crippen LogP contribution is 2.28. The summed E-state index contributed by atoms with van der Waals surface area (Å²) < 4.78 is 1.79. The Morgan fingerprint density at radius 1 is 1.31 bits per heavy atom. The number of hydrogen-bond donors (Lipinski definition) is 1. The predicted molar refractivity (Wildman–Crippen MR) is 100 cm³/mol. The summed E-state index contributed by atoms with van der Waals surface area (Å²) in [5.41, 5.74) is 6.94. The molecule has 138 valence electrons. The Balaban J connectivity index is 1.80. The van der Waals surface area contributed by atoms with Crippen molar-refractivity contribution < 1.29 is 9.59 Å². The fraction of sp³-hybridized carbons (Fsp3) is 0.421. The number of nitrogens with two attached hydrogens (primary N) is 1. The number of rotatable bonds is 5. The number of carbonyl (C=O) groups excluding carboxylic acids is 2. The van der Waals surface area contributed by atoms with Gasteiger partial charge >= 0.3 is 0 Å². The smallest absolute Gasteiger partial charge is 0.255 e. The van der Waals surface area contributed by atoms with Crippen molar-refractivity contribution in [1.29, 1.82) is 0 Å².